The zero-order valence-electron chi connectivity index (χ0n) is 18.2. The molecule has 1 aliphatic carbocycles. The van der Waals surface area contributed by atoms with Gasteiger partial charge in [-0.25, -0.2) is 13.8 Å². The second-order valence-electron chi connectivity index (χ2n) is 7.84. The van der Waals surface area contributed by atoms with Gasteiger partial charge in [0.2, 0.25) is 5.92 Å². The number of halogens is 2. The van der Waals surface area contributed by atoms with Gasteiger partial charge in [0, 0.05) is 44.3 Å². The molecular formula is C24H29F2N5S. The smallest absolute Gasteiger partial charge is 0.248 e. The summed E-state index contributed by atoms with van der Waals surface area (Å²) < 4.78 is 26.8. The number of hydrazone groups is 1. The van der Waals surface area contributed by atoms with Crippen molar-refractivity contribution in [3.8, 4) is 0 Å². The van der Waals surface area contributed by atoms with Crippen molar-refractivity contribution in [2.45, 2.75) is 44.1 Å². The van der Waals surface area contributed by atoms with Crippen LogP contribution in [0.4, 0.5) is 13.8 Å². The summed E-state index contributed by atoms with van der Waals surface area (Å²) in [5.41, 5.74) is 8.05. The molecule has 0 saturated heterocycles. The molecule has 3 N–H and O–H groups in total. The van der Waals surface area contributed by atoms with Crippen LogP contribution in [0.3, 0.4) is 0 Å². The first kappa shape index (κ1) is 23.7. The summed E-state index contributed by atoms with van der Waals surface area (Å²) in [6.45, 7) is 8.17. The maximum atomic E-state index is 13.4. The number of amidine groups is 1. The summed E-state index contributed by atoms with van der Waals surface area (Å²) in [7, 11) is 1.82. The van der Waals surface area contributed by atoms with Gasteiger partial charge in [-0.3, -0.25) is 5.01 Å². The average Bonchev–Trinajstić information content (AvgIpc) is 3.20. The third-order valence-electron chi connectivity index (χ3n) is 5.36. The molecule has 170 valence electrons. The molecule has 0 bridgehead atoms. The molecule has 32 heavy (non-hydrogen) atoms. The first-order valence-electron chi connectivity index (χ1n) is 10.5. The van der Waals surface area contributed by atoms with Crippen LogP contribution in [0.1, 0.15) is 42.5 Å². The summed E-state index contributed by atoms with van der Waals surface area (Å²) in [6, 6.07) is 13.4. The molecular weight excluding hydrogens is 428 g/mol. The van der Waals surface area contributed by atoms with Crippen molar-refractivity contribution in [2.24, 2.45) is 10.1 Å². The van der Waals surface area contributed by atoms with Crippen LogP contribution in [0.5, 0.6) is 0 Å². The number of alkyl halides is 2. The average molecular weight is 458 g/mol. The number of rotatable bonds is 8. The number of aliphatic imine (C=N–C) groups is 1. The fraction of sp³-hybridized carbons (Fsp3) is 0.333. The predicted molar refractivity (Wildman–Crippen MR) is 132 cm³/mol. The lowest BCUT2D eigenvalue weighted by molar-refractivity contribution is -0.0510. The number of anilines is 1. The summed E-state index contributed by atoms with van der Waals surface area (Å²) in [4.78, 5) is 5.58. The fourth-order valence-corrected chi connectivity index (χ4v) is 4.18. The Bertz CT molecular complexity index is 987. The molecule has 1 saturated carbocycles. The molecule has 1 aromatic carbocycles. The minimum atomic E-state index is -2.55. The van der Waals surface area contributed by atoms with Crippen molar-refractivity contribution >= 4 is 39.8 Å². The highest BCUT2D eigenvalue weighted by Gasteiger charge is 2.36. The van der Waals surface area contributed by atoms with Crippen LogP contribution < -0.4 is 11.1 Å². The van der Waals surface area contributed by atoms with E-state index in [1.807, 2.05) is 49.5 Å². The molecule has 0 unspecified atom stereocenters. The Morgan fingerprint density at radius 2 is 1.91 bits per heavy atom. The zero-order chi connectivity index (χ0) is 23.1. The Balaban J connectivity index is 1.69. The number of hydrogen-bond donors (Lipinski definition) is 2. The Morgan fingerprint density at radius 1 is 1.22 bits per heavy atom. The Kier molecular flexibility index (Phi) is 7.80. The molecule has 2 aromatic rings. The Hall–Kier alpha value is -3.00. The van der Waals surface area contributed by atoms with Gasteiger partial charge in [0.05, 0.1) is 15.6 Å². The van der Waals surface area contributed by atoms with Gasteiger partial charge >= 0.3 is 0 Å². The van der Waals surface area contributed by atoms with Crippen molar-refractivity contribution in [3.05, 3.63) is 66.1 Å². The number of hydrogen-bond acceptors (Lipinski definition) is 5. The first-order valence-corrected chi connectivity index (χ1v) is 11.3. The third-order valence-corrected chi connectivity index (χ3v) is 6.33. The molecule has 1 heterocycles. The SMILES string of the molecule is C=C(/N=C(\C/C=N\N(C)C1CCC(F)(F)CC1)NC(=C)c1ccc(N)s1)c1ccccc1. The third kappa shape index (κ3) is 6.75. The Labute approximate surface area is 192 Å². The minimum Gasteiger partial charge on any atom is -0.391 e. The molecule has 1 fully saturated rings. The highest BCUT2D eigenvalue weighted by Crippen LogP contribution is 2.34. The lowest BCUT2D eigenvalue weighted by Crippen LogP contribution is -2.36. The minimum absolute atomic E-state index is 0.0163. The monoisotopic (exact) mass is 457 g/mol. The van der Waals surface area contributed by atoms with Gasteiger partial charge in [-0.15, -0.1) is 11.3 Å². The molecule has 3 rings (SSSR count). The van der Waals surface area contributed by atoms with Gasteiger partial charge in [0.25, 0.3) is 0 Å². The quantitative estimate of drug-likeness (QED) is 0.297. The highest BCUT2D eigenvalue weighted by molar-refractivity contribution is 7.16. The zero-order valence-corrected chi connectivity index (χ0v) is 19.0. The fourth-order valence-electron chi connectivity index (χ4n) is 3.48. The number of benzene rings is 1. The molecule has 0 aliphatic heterocycles. The second kappa shape index (κ2) is 10.5. The van der Waals surface area contributed by atoms with Gasteiger partial charge in [0.1, 0.15) is 5.84 Å². The first-order chi connectivity index (χ1) is 15.2. The van der Waals surface area contributed by atoms with Crippen LogP contribution in [-0.4, -0.2) is 36.1 Å². The van der Waals surface area contributed by atoms with Gasteiger partial charge in [0.15, 0.2) is 0 Å². The van der Waals surface area contributed by atoms with Crippen molar-refractivity contribution in [3.63, 3.8) is 0 Å². The highest BCUT2D eigenvalue weighted by atomic mass is 32.1. The van der Waals surface area contributed by atoms with Crippen molar-refractivity contribution in [1.82, 2.24) is 10.3 Å². The van der Waals surface area contributed by atoms with Gasteiger partial charge in [-0.05, 0) is 30.5 Å². The molecule has 0 atom stereocenters. The standard InChI is InChI=1S/C24H29F2N5S/c1-17(19-7-5-4-6-8-19)29-23(30-18(2)21-9-10-22(27)32-21)13-16-28-31(3)20-11-14-24(25,26)15-12-20/h4-10,16,20H,1-2,11-15,27H2,3H3,(H,29,30)/b28-16-. The number of nitrogens with zero attached hydrogens (tertiary/aromatic N) is 3. The van der Waals surface area contributed by atoms with E-state index in [4.69, 9.17) is 5.73 Å². The van der Waals surface area contributed by atoms with Crippen LogP contribution in [0.2, 0.25) is 0 Å². The maximum absolute atomic E-state index is 13.4. The topological polar surface area (TPSA) is 66.0 Å². The van der Waals surface area contributed by atoms with Crippen LogP contribution in [0.25, 0.3) is 11.4 Å². The molecule has 5 nitrogen and oxygen atoms in total. The molecule has 1 aromatic heterocycles. The number of nitrogens with two attached hydrogens (primary N) is 1. The van der Waals surface area contributed by atoms with Gasteiger partial charge in [-0.2, -0.15) is 5.10 Å². The van der Waals surface area contributed by atoms with E-state index in [9.17, 15) is 8.78 Å². The summed E-state index contributed by atoms with van der Waals surface area (Å²) in [5, 5.41) is 10.2. The number of thiophene rings is 1. The largest absolute Gasteiger partial charge is 0.391 e. The van der Waals surface area contributed by atoms with E-state index >= 15 is 0 Å². The van der Waals surface area contributed by atoms with E-state index in [0.717, 1.165) is 10.4 Å². The lowest BCUT2D eigenvalue weighted by atomic mass is 9.92. The van der Waals surface area contributed by atoms with E-state index in [-0.39, 0.29) is 18.9 Å². The van der Waals surface area contributed by atoms with E-state index in [0.29, 0.717) is 41.5 Å². The van der Waals surface area contributed by atoms with Crippen LogP contribution in [-0.2, 0) is 0 Å². The molecule has 8 heteroatoms. The maximum Gasteiger partial charge on any atom is 0.248 e. The van der Waals surface area contributed by atoms with Crippen molar-refractivity contribution in [1.29, 1.82) is 0 Å². The molecule has 0 radical (unpaired) electrons. The molecule has 0 amide bonds. The van der Waals surface area contributed by atoms with Gasteiger partial charge < -0.3 is 11.1 Å². The van der Waals surface area contributed by atoms with E-state index in [1.165, 1.54) is 11.3 Å². The lowest BCUT2D eigenvalue weighted by Gasteiger charge is -2.32. The van der Waals surface area contributed by atoms with E-state index in [2.05, 4.69) is 28.6 Å². The molecule has 0 spiro atoms. The number of nitrogens with one attached hydrogen (secondary N) is 1. The van der Waals surface area contributed by atoms with E-state index in [1.54, 1.807) is 11.2 Å². The summed E-state index contributed by atoms with van der Waals surface area (Å²) in [5.74, 6) is -1.92. The van der Waals surface area contributed by atoms with Crippen LogP contribution >= 0.6 is 11.3 Å². The number of nitrogen functional groups attached to an aromatic ring is 1. The summed E-state index contributed by atoms with van der Waals surface area (Å²) >= 11 is 1.44. The van der Waals surface area contributed by atoms with Crippen molar-refractivity contribution in [2.75, 3.05) is 12.8 Å². The predicted octanol–water partition coefficient (Wildman–Crippen LogP) is 5.85. The van der Waals surface area contributed by atoms with Crippen LogP contribution in [0, 0.1) is 0 Å². The Morgan fingerprint density at radius 3 is 2.53 bits per heavy atom. The van der Waals surface area contributed by atoms with Gasteiger partial charge in [-0.1, -0.05) is 43.5 Å². The summed E-state index contributed by atoms with van der Waals surface area (Å²) in [6.07, 6.45) is 2.81. The van der Waals surface area contributed by atoms with Crippen LogP contribution in [0.15, 0.2) is 65.7 Å². The molecule has 1 aliphatic rings. The second-order valence-corrected chi connectivity index (χ2v) is 8.96. The normalized spacial score (nSPS) is 16.8. The van der Waals surface area contributed by atoms with E-state index < -0.39 is 5.92 Å². The van der Waals surface area contributed by atoms with Crippen molar-refractivity contribution < 1.29 is 8.78 Å².